The SMILES string of the molecule is C[Si](=[Zr+2])CCC(F)(F)F.[Cl-].[Cl-].c1ccc2cc(-c3cccc4[cH-]c(CC56CCC(CC5)C6)cc34)ccc2c1.c1ccc2cc(-c3cccc4[cH-]c(CC56CCC(CC5)C6)cc34)ccc2c1. The van der Waals surface area contributed by atoms with E-state index < -0.39 is 18.0 Å². The molecular formula is C58H57Cl2F3SiZr-2. The fourth-order valence-corrected chi connectivity index (χ4v) is 13.9. The zero-order valence-electron chi connectivity index (χ0n) is 37.3. The summed E-state index contributed by atoms with van der Waals surface area (Å²) in [5.41, 5.74) is 9.17. The van der Waals surface area contributed by atoms with Crippen molar-refractivity contribution in [2.24, 2.45) is 22.7 Å². The standard InChI is InChI=1S/2C27H25.C4H7F3Si.2ClH.Zr/c2*1-2-5-22-16-24(9-8-21(22)4-1)25-7-3-6-23-14-20(15-26(23)25)18-27-12-10-19(17-27)11-13-27;1-8-3-2-4(5,6)7;;;/h2*1-9,14-16,19H,10-13,17-18H2;2-3H2,1H3;2*1H;/q2*-1;;;;+2/p-2. The van der Waals surface area contributed by atoms with Crippen LogP contribution in [-0.2, 0) is 36.2 Å². The zero-order valence-corrected chi connectivity index (χ0v) is 42.3. The van der Waals surface area contributed by atoms with Crippen LogP contribution < -0.4 is 24.8 Å². The summed E-state index contributed by atoms with van der Waals surface area (Å²) in [7, 11) is 0. The molecule has 4 aliphatic carbocycles. The summed E-state index contributed by atoms with van der Waals surface area (Å²) in [5, 5.41) is 10.9. The third kappa shape index (κ3) is 10.8. The molecule has 65 heavy (non-hydrogen) atoms. The van der Waals surface area contributed by atoms with Crippen molar-refractivity contribution >= 4 is 48.5 Å². The van der Waals surface area contributed by atoms with Gasteiger partial charge in [-0.1, -0.05) is 96.1 Å². The van der Waals surface area contributed by atoms with E-state index in [9.17, 15) is 13.2 Å². The van der Waals surface area contributed by atoms with Crippen molar-refractivity contribution in [3.63, 3.8) is 0 Å². The number of fused-ring (bicyclic) bond motifs is 8. The molecule has 8 aromatic rings. The molecule has 4 fully saturated rings. The van der Waals surface area contributed by atoms with Gasteiger partial charge in [0.25, 0.3) is 0 Å². The van der Waals surface area contributed by atoms with Crippen LogP contribution in [0.3, 0.4) is 0 Å². The van der Waals surface area contributed by atoms with E-state index in [2.05, 4.69) is 146 Å². The van der Waals surface area contributed by atoms with Crippen LogP contribution in [0, 0.1) is 22.7 Å². The van der Waals surface area contributed by atoms with Crippen LogP contribution in [0.15, 0.2) is 146 Å². The van der Waals surface area contributed by atoms with Crippen LogP contribution in [0.25, 0.3) is 65.3 Å². The minimum absolute atomic E-state index is 0. The average Bonchev–Trinajstić information content (AvgIpc) is 4.17. The largest absolute Gasteiger partial charge is 1.00 e. The maximum Gasteiger partial charge on any atom is -0.0178 e. The third-order valence-corrected chi connectivity index (χ3v) is 18.3. The Morgan fingerprint density at radius 3 is 1.32 bits per heavy atom. The van der Waals surface area contributed by atoms with E-state index in [1.807, 2.05) is 6.55 Å². The van der Waals surface area contributed by atoms with Crippen LogP contribution in [-0.4, -0.2) is 11.6 Å². The Kier molecular flexibility index (Phi) is 14.8. The minimum Gasteiger partial charge on any atom is -1.00 e. The number of rotatable bonds is 8. The van der Waals surface area contributed by atoms with Crippen molar-refractivity contribution in [1.29, 1.82) is 0 Å². The van der Waals surface area contributed by atoms with Crippen LogP contribution in [0.5, 0.6) is 0 Å². The molecule has 0 atom stereocenters. The Balaban J connectivity index is 0.000000146. The maximum atomic E-state index is 11.4. The van der Waals surface area contributed by atoms with Crippen LogP contribution >= 0.6 is 0 Å². The molecule has 4 saturated carbocycles. The summed E-state index contributed by atoms with van der Waals surface area (Å²) in [6, 6.07) is 54.9. The first kappa shape index (κ1) is 48.0. The molecule has 0 radical (unpaired) electrons. The Bertz CT molecular complexity index is 2740. The minimum atomic E-state index is -3.93. The van der Waals surface area contributed by atoms with Crippen LogP contribution in [0.1, 0.15) is 81.8 Å². The van der Waals surface area contributed by atoms with Crippen molar-refractivity contribution in [1.82, 2.24) is 0 Å². The monoisotopic (exact) mass is 998 g/mol. The van der Waals surface area contributed by atoms with Crippen LogP contribution in [0.2, 0.25) is 12.6 Å². The summed E-state index contributed by atoms with van der Waals surface area (Å²) < 4.78 is 34.3. The molecule has 7 heteroatoms. The molecule has 334 valence electrons. The second-order valence-electron chi connectivity index (χ2n) is 20.0. The van der Waals surface area contributed by atoms with Crippen molar-refractivity contribution < 1.29 is 61.3 Å². The molecule has 0 unspecified atom stereocenters. The number of alkyl halides is 3. The Morgan fingerprint density at radius 1 is 0.554 bits per heavy atom. The van der Waals surface area contributed by atoms with E-state index in [0.29, 0.717) is 16.9 Å². The number of hydrogen-bond acceptors (Lipinski definition) is 0. The quantitative estimate of drug-likeness (QED) is 0.105. The zero-order chi connectivity index (χ0) is 43.2. The van der Waals surface area contributed by atoms with Crippen molar-refractivity contribution in [3.8, 4) is 22.3 Å². The second kappa shape index (κ2) is 20.0. The summed E-state index contributed by atoms with van der Waals surface area (Å²) in [5.74, 6) is 2.06. The van der Waals surface area contributed by atoms with E-state index in [1.54, 1.807) is 11.1 Å². The number of halogens is 5. The van der Waals surface area contributed by atoms with Crippen molar-refractivity contribution in [2.45, 2.75) is 102 Å². The smallest absolute Gasteiger partial charge is 0.0178 e. The summed E-state index contributed by atoms with van der Waals surface area (Å²) in [4.78, 5) is 0. The van der Waals surface area contributed by atoms with Gasteiger partial charge in [0.2, 0.25) is 0 Å². The van der Waals surface area contributed by atoms with Gasteiger partial charge in [-0.05, 0) is 145 Å². The molecule has 0 nitrogen and oxygen atoms in total. The van der Waals surface area contributed by atoms with Gasteiger partial charge in [0.1, 0.15) is 0 Å². The van der Waals surface area contributed by atoms with Gasteiger partial charge in [0, 0.05) is 0 Å². The molecule has 0 aromatic heterocycles. The van der Waals surface area contributed by atoms with E-state index in [1.165, 1.54) is 166 Å². The Hall–Kier alpha value is -3.47. The third-order valence-electron chi connectivity index (χ3n) is 15.5. The van der Waals surface area contributed by atoms with E-state index in [4.69, 9.17) is 0 Å². The van der Waals surface area contributed by atoms with Crippen molar-refractivity contribution in [2.75, 3.05) is 0 Å². The molecule has 8 aromatic carbocycles. The normalized spacial score (nSPS) is 21.8. The van der Waals surface area contributed by atoms with Gasteiger partial charge in [0.15, 0.2) is 0 Å². The Labute approximate surface area is 410 Å². The van der Waals surface area contributed by atoms with E-state index in [0.717, 1.165) is 11.8 Å². The molecule has 0 saturated heterocycles. The number of hydrogen-bond donors (Lipinski definition) is 0. The van der Waals surface area contributed by atoms with Crippen LogP contribution in [0.4, 0.5) is 13.2 Å². The fourth-order valence-electron chi connectivity index (χ4n) is 12.3. The molecule has 4 bridgehead atoms. The molecule has 0 amide bonds. The van der Waals surface area contributed by atoms with Gasteiger partial charge in [-0.25, -0.2) is 0 Å². The first-order chi connectivity index (χ1) is 30.5. The van der Waals surface area contributed by atoms with E-state index in [-0.39, 0.29) is 24.8 Å². The van der Waals surface area contributed by atoms with Gasteiger partial charge in [-0.3, -0.25) is 0 Å². The molecule has 12 rings (SSSR count). The summed E-state index contributed by atoms with van der Waals surface area (Å²) in [6.07, 6.45) is 12.7. The van der Waals surface area contributed by atoms with Gasteiger partial charge >= 0.3 is 67.1 Å². The predicted octanol–water partition coefficient (Wildman–Crippen LogP) is 11.1. The first-order valence-corrected chi connectivity index (χ1v) is 29.3. The average molecular weight is 1000 g/mol. The summed E-state index contributed by atoms with van der Waals surface area (Å²) in [6.45, 7) is 1.93. The summed E-state index contributed by atoms with van der Waals surface area (Å²) >= 11 is 1.29. The second-order valence-corrected chi connectivity index (χ2v) is 28.4. The van der Waals surface area contributed by atoms with Gasteiger partial charge < -0.3 is 24.8 Å². The molecular weight excluding hydrogens is 944 g/mol. The predicted molar refractivity (Wildman–Crippen MR) is 257 cm³/mol. The van der Waals surface area contributed by atoms with E-state index >= 15 is 0 Å². The van der Waals surface area contributed by atoms with Gasteiger partial charge in [0.05, 0.1) is 0 Å². The molecule has 0 spiro atoms. The molecule has 0 aliphatic heterocycles. The topological polar surface area (TPSA) is 0 Å². The maximum absolute atomic E-state index is 11.4. The van der Waals surface area contributed by atoms with Gasteiger partial charge in [-0.15, -0.1) is 69.1 Å². The first-order valence-electron chi connectivity index (χ1n) is 23.4. The molecule has 4 aliphatic rings. The Morgan fingerprint density at radius 2 is 0.969 bits per heavy atom. The van der Waals surface area contributed by atoms with Gasteiger partial charge in [-0.2, -0.15) is 12.1 Å². The van der Waals surface area contributed by atoms with Crippen molar-refractivity contribution in [3.05, 3.63) is 157 Å². The number of benzene rings is 6. The fraction of sp³-hybridized carbons (Fsp3) is 0.345. The molecule has 0 N–H and O–H groups in total. The molecule has 0 heterocycles.